The van der Waals surface area contributed by atoms with Crippen molar-refractivity contribution in [1.29, 1.82) is 0 Å². The molecular weight excluding hydrogens is 216 g/mol. The van der Waals surface area contributed by atoms with Crippen LogP contribution in [0.1, 0.15) is 46.6 Å². The van der Waals surface area contributed by atoms with Crippen molar-refractivity contribution < 1.29 is 4.79 Å². The van der Waals surface area contributed by atoms with Gasteiger partial charge < -0.3 is 11.1 Å². The summed E-state index contributed by atoms with van der Waals surface area (Å²) in [6.07, 6.45) is 2.77. The first-order valence-electron chi connectivity index (χ1n) is 5.92. The van der Waals surface area contributed by atoms with Gasteiger partial charge in [-0.3, -0.25) is 4.79 Å². The van der Waals surface area contributed by atoms with Gasteiger partial charge in [0.15, 0.2) is 0 Å². The first-order valence-corrected chi connectivity index (χ1v) is 5.92. The molecule has 0 spiro atoms. The minimum absolute atomic E-state index is 0.0223. The molecule has 0 bridgehead atoms. The highest BCUT2D eigenvalue weighted by Gasteiger charge is 2.14. The highest BCUT2D eigenvalue weighted by Crippen LogP contribution is 2.14. The fourth-order valence-electron chi connectivity index (χ4n) is 1.47. The average Bonchev–Trinajstić information content (AvgIpc) is 2.62. The lowest BCUT2D eigenvalue weighted by molar-refractivity contribution is -0.116. The van der Waals surface area contributed by atoms with Gasteiger partial charge in [-0.2, -0.15) is 5.10 Å². The van der Waals surface area contributed by atoms with Crippen LogP contribution in [0.3, 0.4) is 0 Å². The van der Waals surface area contributed by atoms with E-state index < -0.39 is 0 Å². The lowest BCUT2D eigenvalue weighted by atomic mass is 10.00. The van der Waals surface area contributed by atoms with Crippen molar-refractivity contribution >= 4 is 11.7 Å². The monoisotopic (exact) mass is 238 g/mol. The minimum atomic E-state index is -0.310. The molecule has 0 aliphatic carbocycles. The number of hydrogen-bond acceptors (Lipinski definition) is 3. The number of rotatable bonds is 5. The number of carbonyl (C=O) groups excluding carboxylic acids is 1. The van der Waals surface area contributed by atoms with Crippen LogP contribution in [0.25, 0.3) is 0 Å². The van der Waals surface area contributed by atoms with Crippen molar-refractivity contribution in [3.8, 4) is 0 Å². The van der Waals surface area contributed by atoms with E-state index in [9.17, 15) is 4.79 Å². The van der Waals surface area contributed by atoms with Crippen molar-refractivity contribution in [2.45, 2.75) is 52.1 Å². The summed E-state index contributed by atoms with van der Waals surface area (Å²) in [5.74, 6) is 0.714. The zero-order chi connectivity index (χ0) is 13.1. The summed E-state index contributed by atoms with van der Waals surface area (Å²) in [6, 6.07) is 2.03. The molecule has 1 heterocycles. The van der Waals surface area contributed by atoms with Crippen LogP contribution < -0.4 is 11.1 Å². The van der Waals surface area contributed by atoms with Gasteiger partial charge in [0.25, 0.3) is 0 Å². The molecule has 0 aliphatic heterocycles. The quantitative estimate of drug-likeness (QED) is 0.823. The Morgan fingerprint density at radius 1 is 1.59 bits per heavy atom. The summed E-state index contributed by atoms with van der Waals surface area (Å²) in [4.78, 5) is 11.7. The lowest BCUT2D eigenvalue weighted by Gasteiger charge is -2.18. The van der Waals surface area contributed by atoms with Crippen LogP contribution in [0.5, 0.6) is 0 Å². The highest BCUT2D eigenvalue weighted by atomic mass is 16.1. The highest BCUT2D eigenvalue weighted by molar-refractivity contribution is 5.89. The van der Waals surface area contributed by atoms with Gasteiger partial charge in [-0.05, 0) is 34.1 Å². The number of nitrogens with one attached hydrogen (secondary N) is 1. The molecule has 3 N–H and O–H groups in total. The van der Waals surface area contributed by atoms with E-state index in [0.717, 1.165) is 5.82 Å². The Kier molecular flexibility index (Phi) is 4.28. The van der Waals surface area contributed by atoms with Crippen LogP contribution in [0.2, 0.25) is 0 Å². The largest absolute Gasteiger partial charge is 0.326 e. The van der Waals surface area contributed by atoms with E-state index >= 15 is 0 Å². The minimum Gasteiger partial charge on any atom is -0.326 e. The number of nitrogens with zero attached hydrogens (tertiary/aromatic N) is 2. The fraction of sp³-hybridized carbons (Fsp3) is 0.667. The van der Waals surface area contributed by atoms with Crippen LogP contribution >= 0.6 is 0 Å². The lowest BCUT2D eigenvalue weighted by Crippen LogP contribution is -2.33. The second kappa shape index (κ2) is 5.31. The Labute approximate surface area is 102 Å². The molecule has 1 aromatic heterocycles. The summed E-state index contributed by atoms with van der Waals surface area (Å²) in [7, 11) is 0. The van der Waals surface area contributed by atoms with Gasteiger partial charge in [0, 0.05) is 24.1 Å². The van der Waals surface area contributed by atoms with Crippen LogP contribution in [0.15, 0.2) is 12.3 Å². The molecular formula is C12H22N4O. The molecule has 0 aliphatic rings. The van der Waals surface area contributed by atoms with Gasteiger partial charge in [0.05, 0.1) is 6.20 Å². The maximum Gasteiger partial charge on any atom is 0.225 e. The first-order chi connectivity index (χ1) is 7.79. The van der Waals surface area contributed by atoms with E-state index in [-0.39, 0.29) is 17.5 Å². The van der Waals surface area contributed by atoms with Gasteiger partial charge in [0.1, 0.15) is 5.82 Å². The van der Waals surface area contributed by atoms with Crippen LogP contribution in [-0.4, -0.2) is 21.2 Å². The zero-order valence-corrected chi connectivity index (χ0v) is 11.0. The summed E-state index contributed by atoms with van der Waals surface area (Å²) in [5, 5.41) is 7.01. The van der Waals surface area contributed by atoms with Gasteiger partial charge >= 0.3 is 0 Å². The summed E-state index contributed by atoms with van der Waals surface area (Å²) in [5.41, 5.74) is 5.53. The number of aromatic nitrogens is 2. The predicted molar refractivity (Wildman–Crippen MR) is 68.7 cm³/mol. The third-order valence-electron chi connectivity index (χ3n) is 2.42. The molecule has 5 heteroatoms. The molecule has 0 fully saturated rings. The van der Waals surface area contributed by atoms with Crippen molar-refractivity contribution in [3.63, 3.8) is 0 Å². The van der Waals surface area contributed by atoms with E-state index in [1.807, 2.05) is 27.7 Å². The maximum absolute atomic E-state index is 11.7. The molecule has 5 nitrogen and oxygen atoms in total. The molecule has 0 aromatic carbocycles. The third-order valence-corrected chi connectivity index (χ3v) is 2.42. The molecule has 0 saturated carbocycles. The number of anilines is 1. The van der Waals surface area contributed by atoms with E-state index in [1.54, 1.807) is 16.9 Å². The molecule has 17 heavy (non-hydrogen) atoms. The molecule has 1 amide bonds. The predicted octanol–water partition coefficient (Wildman–Crippen LogP) is 1.92. The second-order valence-electron chi connectivity index (χ2n) is 5.29. The van der Waals surface area contributed by atoms with Gasteiger partial charge in [0.2, 0.25) is 5.91 Å². The molecule has 0 radical (unpaired) electrons. The summed E-state index contributed by atoms with van der Waals surface area (Å²) in [6.45, 7) is 7.87. The summed E-state index contributed by atoms with van der Waals surface area (Å²) >= 11 is 0. The standard InChI is InChI=1S/C12H22N4O/c1-9(2)16-10(6-8-14-16)15-11(17)5-7-12(3,4)13/h6,8-9H,5,7,13H2,1-4H3,(H,15,17). The molecule has 0 saturated heterocycles. The number of hydrogen-bond donors (Lipinski definition) is 2. The van der Waals surface area contributed by atoms with E-state index in [4.69, 9.17) is 5.73 Å². The molecule has 1 rings (SSSR count). The molecule has 0 unspecified atom stereocenters. The molecule has 96 valence electrons. The van der Waals surface area contributed by atoms with E-state index in [0.29, 0.717) is 12.8 Å². The molecule has 1 aromatic rings. The van der Waals surface area contributed by atoms with Crippen molar-refractivity contribution in [2.24, 2.45) is 5.73 Å². The van der Waals surface area contributed by atoms with Gasteiger partial charge in [-0.1, -0.05) is 0 Å². The maximum atomic E-state index is 11.7. The average molecular weight is 238 g/mol. The zero-order valence-electron chi connectivity index (χ0n) is 11.0. The van der Waals surface area contributed by atoms with E-state index in [1.165, 1.54) is 0 Å². The Hall–Kier alpha value is -1.36. The summed E-state index contributed by atoms with van der Waals surface area (Å²) < 4.78 is 1.78. The number of amides is 1. The molecule has 0 atom stereocenters. The third kappa shape index (κ3) is 4.56. The van der Waals surface area contributed by atoms with Crippen LogP contribution in [-0.2, 0) is 4.79 Å². The van der Waals surface area contributed by atoms with Crippen LogP contribution in [0.4, 0.5) is 5.82 Å². The Bertz CT molecular complexity index is 376. The van der Waals surface area contributed by atoms with Gasteiger partial charge in [-0.15, -0.1) is 0 Å². The number of nitrogens with two attached hydrogens (primary N) is 1. The first kappa shape index (κ1) is 13.7. The normalized spacial score (nSPS) is 11.9. The Morgan fingerprint density at radius 2 is 2.24 bits per heavy atom. The van der Waals surface area contributed by atoms with Crippen LogP contribution in [0, 0.1) is 0 Å². The van der Waals surface area contributed by atoms with Crippen molar-refractivity contribution in [1.82, 2.24) is 9.78 Å². The topological polar surface area (TPSA) is 72.9 Å². The second-order valence-corrected chi connectivity index (χ2v) is 5.29. The smallest absolute Gasteiger partial charge is 0.225 e. The van der Waals surface area contributed by atoms with Crippen molar-refractivity contribution in [3.05, 3.63) is 12.3 Å². The SMILES string of the molecule is CC(C)n1nccc1NC(=O)CCC(C)(C)N. The fourth-order valence-corrected chi connectivity index (χ4v) is 1.47. The number of carbonyl (C=O) groups is 1. The Balaban J connectivity index is 2.54. The van der Waals surface area contributed by atoms with Crippen molar-refractivity contribution in [2.75, 3.05) is 5.32 Å². The van der Waals surface area contributed by atoms with E-state index in [2.05, 4.69) is 10.4 Å². The van der Waals surface area contributed by atoms with Gasteiger partial charge in [-0.25, -0.2) is 4.68 Å². The Morgan fingerprint density at radius 3 is 2.76 bits per heavy atom.